The summed E-state index contributed by atoms with van der Waals surface area (Å²) in [6.07, 6.45) is 2.37. The number of anilines is 1. The number of nitrogens with two attached hydrogens (primary N) is 1. The summed E-state index contributed by atoms with van der Waals surface area (Å²) < 4.78 is 12.8. The molecule has 0 radical (unpaired) electrons. The number of rotatable bonds is 3. The van der Waals surface area contributed by atoms with Gasteiger partial charge in [-0.15, -0.1) is 0 Å². The summed E-state index contributed by atoms with van der Waals surface area (Å²) in [7, 11) is 0. The Morgan fingerprint density at radius 2 is 2.12 bits per heavy atom. The fraction of sp³-hybridized carbons (Fsp3) is 0.583. The molecule has 0 bridgehead atoms. The molecule has 4 nitrogen and oxygen atoms in total. The summed E-state index contributed by atoms with van der Waals surface area (Å²) in [4.78, 5) is 8.69. The van der Waals surface area contributed by atoms with Crippen molar-refractivity contribution in [1.29, 1.82) is 0 Å². The molecule has 5 heteroatoms. The molecular formula is C12H19FN4. The summed E-state index contributed by atoms with van der Waals surface area (Å²) in [5.74, 6) is 0.578. The normalized spacial score (nSPS) is 18.1. The Hall–Kier alpha value is -1.20. The molecule has 1 aromatic heterocycles. The van der Waals surface area contributed by atoms with Gasteiger partial charge in [0.05, 0.1) is 6.20 Å². The largest absolute Gasteiger partial charge is 0.355 e. The van der Waals surface area contributed by atoms with Gasteiger partial charge >= 0.3 is 0 Å². The number of aromatic nitrogens is 1. The predicted molar refractivity (Wildman–Crippen MR) is 66.5 cm³/mol. The van der Waals surface area contributed by atoms with Crippen molar-refractivity contribution < 1.29 is 4.39 Å². The van der Waals surface area contributed by atoms with E-state index in [0.717, 1.165) is 45.0 Å². The Morgan fingerprint density at radius 1 is 1.24 bits per heavy atom. The zero-order valence-electron chi connectivity index (χ0n) is 9.98. The Balaban J connectivity index is 1.96. The molecule has 17 heavy (non-hydrogen) atoms. The van der Waals surface area contributed by atoms with Gasteiger partial charge in [-0.05, 0) is 25.1 Å². The van der Waals surface area contributed by atoms with Crippen LogP contribution >= 0.6 is 0 Å². The van der Waals surface area contributed by atoms with Crippen LogP contribution in [0.25, 0.3) is 0 Å². The minimum absolute atomic E-state index is 0.284. The molecule has 94 valence electrons. The van der Waals surface area contributed by atoms with Crippen molar-refractivity contribution in [3.63, 3.8) is 0 Å². The minimum Gasteiger partial charge on any atom is -0.355 e. The molecule has 0 aliphatic carbocycles. The Morgan fingerprint density at radius 3 is 2.82 bits per heavy atom. The Bertz CT molecular complexity index is 341. The molecule has 0 saturated carbocycles. The zero-order chi connectivity index (χ0) is 12.1. The second-order valence-electron chi connectivity index (χ2n) is 4.31. The Labute approximate surface area is 101 Å². The summed E-state index contributed by atoms with van der Waals surface area (Å²) in [6.45, 7) is 5.63. The van der Waals surface area contributed by atoms with E-state index in [-0.39, 0.29) is 5.82 Å². The lowest BCUT2D eigenvalue weighted by atomic mass is 10.3. The molecule has 2 rings (SSSR count). The van der Waals surface area contributed by atoms with Gasteiger partial charge in [0.15, 0.2) is 0 Å². The third kappa shape index (κ3) is 3.38. The van der Waals surface area contributed by atoms with Crippen LogP contribution < -0.4 is 10.6 Å². The van der Waals surface area contributed by atoms with Gasteiger partial charge in [0.25, 0.3) is 0 Å². The molecular weight excluding hydrogens is 219 g/mol. The fourth-order valence-electron chi connectivity index (χ4n) is 2.16. The summed E-state index contributed by atoms with van der Waals surface area (Å²) in [5, 5.41) is 0. The SMILES string of the molecule is NCCN1CCCN(c2ccc(F)cn2)CC1. The number of hydrogen-bond donors (Lipinski definition) is 1. The predicted octanol–water partition coefficient (Wildman–Crippen LogP) is 0.691. The van der Waals surface area contributed by atoms with Crippen molar-refractivity contribution in [2.75, 3.05) is 44.2 Å². The lowest BCUT2D eigenvalue weighted by Crippen LogP contribution is -2.34. The van der Waals surface area contributed by atoms with Gasteiger partial charge in [-0.2, -0.15) is 0 Å². The highest BCUT2D eigenvalue weighted by Crippen LogP contribution is 2.13. The Kier molecular flexibility index (Phi) is 4.28. The topological polar surface area (TPSA) is 45.4 Å². The van der Waals surface area contributed by atoms with E-state index in [0.29, 0.717) is 6.54 Å². The molecule has 0 atom stereocenters. The standard InChI is InChI=1S/C12H19FN4/c13-11-2-3-12(15-10-11)17-6-1-5-16(7-4-14)8-9-17/h2-3,10H,1,4-9,14H2. The van der Waals surface area contributed by atoms with Crippen LogP contribution in [0.15, 0.2) is 18.3 Å². The van der Waals surface area contributed by atoms with E-state index < -0.39 is 0 Å². The van der Waals surface area contributed by atoms with Gasteiger partial charge in [0.2, 0.25) is 0 Å². The number of pyridine rings is 1. The van der Waals surface area contributed by atoms with Gasteiger partial charge in [-0.25, -0.2) is 9.37 Å². The van der Waals surface area contributed by atoms with Crippen LogP contribution in [0.4, 0.5) is 10.2 Å². The second-order valence-corrected chi connectivity index (χ2v) is 4.31. The lowest BCUT2D eigenvalue weighted by molar-refractivity contribution is 0.302. The van der Waals surface area contributed by atoms with Crippen LogP contribution in [-0.2, 0) is 0 Å². The third-order valence-corrected chi connectivity index (χ3v) is 3.07. The molecule has 1 fully saturated rings. The highest BCUT2D eigenvalue weighted by atomic mass is 19.1. The van der Waals surface area contributed by atoms with Crippen molar-refractivity contribution >= 4 is 5.82 Å². The van der Waals surface area contributed by atoms with E-state index in [1.54, 1.807) is 6.07 Å². The fourth-order valence-corrected chi connectivity index (χ4v) is 2.16. The maximum Gasteiger partial charge on any atom is 0.141 e. The van der Waals surface area contributed by atoms with E-state index >= 15 is 0 Å². The minimum atomic E-state index is -0.284. The molecule has 1 saturated heterocycles. The van der Waals surface area contributed by atoms with Gasteiger partial charge in [0.1, 0.15) is 11.6 Å². The van der Waals surface area contributed by atoms with Crippen molar-refractivity contribution in [3.05, 3.63) is 24.1 Å². The van der Waals surface area contributed by atoms with Crippen molar-refractivity contribution in [1.82, 2.24) is 9.88 Å². The molecule has 2 heterocycles. The maximum absolute atomic E-state index is 12.8. The molecule has 0 unspecified atom stereocenters. The van der Waals surface area contributed by atoms with E-state index in [1.807, 2.05) is 0 Å². The summed E-state index contributed by atoms with van der Waals surface area (Å²) in [5.41, 5.74) is 5.56. The summed E-state index contributed by atoms with van der Waals surface area (Å²) >= 11 is 0. The maximum atomic E-state index is 12.8. The molecule has 1 aliphatic rings. The molecule has 1 aromatic rings. The van der Waals surface area contributed by atoms with Crippen LogP contribution in [0.5, 0.6) is 0 Å². The van der Waals surface area contributed by atoms with Crippen LogP contribution in [0.2, 0.25) is 0 Å². The van der Waals surface area contributed by atoms with Gasteiger partial charge in [-0.1, -0.05) is 0 Å². The lowest BCUT2D eigenvalue weighted by Gasteiger charge is -2.22. The number of hydrogen-bond acceptors (Lipinski definition) is 4. The molecule has 0 aromatic carbocycles. The van der Waals surface area contributed by atoms with Gasteiger partial charge in [-0.3, -0.25) is 0 Å². The molecule has 0 amide bonds. The van der Waals surface area contributed by atoms with Crippen LogP contribution in [-0.4, -0.2) is 49.2 Å². The van der Waals surface area contributed by atoms with Gasteiger partial charge < -0.3 is 15.5 Å². The van der Waals surface area contributed by atoms with Crippen LogP contribution in [0.3, 0.4) is 0 Å². The van der Waals surface area contributed by atoms with E-state index in [2.05, 4.69) is 14.8 Å². The van der Waals surface area contributed by atoms with Gasteiger partial charge in [0, 0.05) is 32.7 Å². The zero-order valence-corrected chi connectivity index (χ0v) is 9.98. The first-order valence-electron chi connectivity index (χ1n) is 6.08. The van der Waals surface area contributed by atoms with E-state index in [1.165, 1.54) is 12.3 Å². The average molecular weight is 238 g/mol. The van der Waals surface area contributed by atoms with Crippen LogP contribution in [0.1, 0.15) is 6.42 Å². The van der Waals surface area contributed by atoms with Crippen molar-refractivity contribution in [2.45, 2.75) is 6.42 Å². The first kappa shape index (κ1) is 12.3. The monoisotopic (exact) mass is 238 g/mol. The summed E-state index contributed by atoms with van der Waals surface area (Å²) in [6, 6.07) is 3.21. The first-order chi connectivity index (χ1) is 8.29. The van der Waals surface area contributed by atoms with E-state index in [9.17, 15) is 4.39 Å². The molecule has 0 spiro atoms. The average Bonchev–Trinajstić information content (AvgIpc) is 2.56. The highest BCUT2D eigenvalue weighted by Gasteiger charge is 2.15. The quantitative estimate of drug-likeness (QED) is 0.841. The van der Waals surface area contributed by atoms with E-state index in [4.69, 9.17) is 5.73 Å². The van der Waals surface area contributed by atoms with Crippen molar-refractivity contribution in [2.24, 2.45) is 5.73 Å². The highest BCUT2D eigenvalue weighted by molar-refractivity contribution is 5.38. The second kappa shape index (κ2) is 5.93. The third-order valence-electron chi connectivity index (χ3n) is 3.07. The number of halogens is 1. The first-order valence-corrected chi connectivity index (χ1v) is 6.08. The smallest absolute Gasteiger partial charge is 0.141 e. The molecule has 2 N–H and O–H groups in total. The van der Waals surface area contributed by atoms with Crippen LogP contribution in [0, 0.1) is 5.82 Å². The molecule has 1 aliphatic heterocycles. The van der Waals surface area contributed by atoms with Crippen molar-refractivity contribution in [3.8, 4) is 0 Å². The number of nitrogens with zero attached hydrogens (tertiary/aromatic N) is 3.